The van der Waals surface area contributed by atoms with Crippen molar-refractivity contribution >= 4 is 23.2 Å². The highest BCUT2D eigenvalue weighted by molar-refractivity contribution is 6.49. The van der Waals surface area contributed by atoms with Gasteiger partial charge in [0.05, 0.1) is 11.6 Å². The van der Waals surface area contributed by atoms with Crippen molar-refractivity contribution in [2.45, 2.75) is 39.7 Å². The van der Waals surface area contributed by atoms with Crippen LogP contribution in [0.25, 0.3) is 0 Å². The molecule has 0 aromatic heterocycles. The Hall–Kier alpha value is -1.95. The van der Waals surface area contributed by atoms with E-state index in [1.807, 2.05) is 19.1 Å². The Morgan fingerprint density at radius 2 is 2.04 bits per heavy atom. The van der Waals surface area contributed by atoms with Crippen LogP contribution in [0.1, 0.15) is 34.1 Å². The van der Waals surface area contributed by atoms with Gasteiger partial charge in [0.1, 0.15) is 0 Å². The second-order valence-corrected chi connectivity index (χ2v) is 7.49. The summed E-state index contributed by atoms with van der Waals surface area (Å²) in [4.78, 5) is 26.5. The first-order valence-electron chi connectivity index (χ1n) is 9.03. The van der Waals surface area contributed by atoms with Gasteiger partial charge in [0, 0.05) is 29.6 Å². The molecule has 1 heterocycles. The van der Waals surface area contributed by atoms with Crippen LogP contribution >= 0.6 is 11.6 Å². The summed E-state index contributed by atoms with van der Waals surface area (Å²) in [6.07, 6.45) is 10.2. The van der Waals surface area contributed by atoms with Gasteiger partial charge in [0.25, 0.3) is 0 Å². The number of carbonyl (C=O) groups is 2. The van der Waals surface area contributed by atoms with Crippen molar-refractivity contribution in [1.82, 2.24) is 4.90 Å². The minimum Gasteiger partial charge on any atom is -0.395 e. The molecule has 2 unspecified atom stereocenters. The van der Waals surface area contributed by atoms with Gasteiger partial charge in [0.15, 0.2) is 5.60 Å². The molecule has 27 heavy (non-hydrogen) atoms. The zero-order valence-electron chi connectivity index (χ0n) is 16.1. The lowest BCUT2D eigenvalue weighted by atomic mass is 9.79. The van der Waals surface area contributed by atoms with Crippen LogP contribution in [0, 0.1) is 5.92 Å². The Morgan fingerprint density at radius 1 is 1.37 bits per heavy atom. The zero-order chi connectivity index (χ0) is 20.4. The number of β-amino-alcohol motifs (C(OH)–C–C–N with tert-alkyl or cyclic N) is 1. The number of aliphatic hydroxyl groups excluding tert-OH is 1. The zero-order valence-corrected chi connectivity index (χ0v) is 16.9. The van der Waals surface area contributed by atoms with Crippen LogP contribution in [0.3, 0.4) is 0 Å². The molecule has 6 heteroatoms. The van der Waals surface area contributed by atoms with E-state index in [9.17, 15) is 19.8 Å². The number of aliphatic hydroxyl groups is 2. The molecule has 0 aromatic carbocycles. The number of halogens is 1. The largest absolute Gasteiger partial charge is 0.395 e. The van der Waals surface area contributed by atoms with Crippen LogP contribution in [0.4, 0.5) is 0 Å². The number of ketones is 2. The fourth-order valence-corrected chi connectivity index (χ4v) is 3.30. The summed E-state index contributed by atoms with van der Waals surface area (Å²) in [7, 11) is 0. The number of fused-ring (bicyclic) bond motifs is 1. The summed E-state index contributed by atoms with van der Waals surface area (Å²) in [5.41, 5.74) is 0.0779. The maximum Gasteiger partial charge on any atom is 0.214 e. The molecule has 1 aliphatic heterocycles. The lowest BCUT2D eigenvalue weighted by Crippen LogP contribution is -2.49. The van der Waals surface area contributed by atoms with Crippen molar-refractivity contribution in [3.05, 3.63) is 58.0 Å². The van der Waals surface area contributed by atoms with Gasteiger partial charge in [-0.1, -0.05) is 49.6 Å². The van der Waals surface area contributed by atoms with Gasteiger partial charge >= 0.3 is 0 Å². The first-order chi connectivity index (χ1) is 12.6. The number of allylic oxidation sites excluding steroid dienone is 6. The SMILES string of the molecule is CCC(C)/C=C(C)/C=C/C1=CC2=C(Cl)C(=O)C(C)(O)C(=O)C2=CN1CCO. The number of Topliss-reactive ketones (excluding diaryl/α,β-unsaturated/α-hetero) is 2. The molecule has 2 aliphatic rings. The van der Waals surface area contributed by atoms with Crippen molar-refractivity contribution in [3.8, 4) is 0 Å². The van der Waals surface area contributed by atoms with E-state index in [2.05, 4.69) is 19.9 Å². The van der Waals surface area contributed by atoms with Crippen molar-refractivity contribution < 1.29 is 19.8 Å². The summed E-state index contributed by atoms with van der Waals surface area (Å²) in [5.74, 6) is -1.03. The third-order valence-electron chi connectivity index (χ3n) is 4.81. The van der Waals surface area contributed by atoms with Crippen molar-refractivity contribution in [1.29, 1.82) is 0 Å². The van der Waals surface area contributed by atoms with E-state index in [1.165, 1.54) is 6.20 Å². The molecule has 1 aliphatic carbocycles. The minimum absolute atomic E-state index is 0.118. The van der Waals surface area contributed by atoms with Gasteiger partial charge in [-0.05, 0) is 31.9 Å². The normalized spacial score (nSPS) is 25.0. The van der Waals surface area contributed by atoms with Crippen LogP contribution < -0.4 is 0 Å². The summed E-state index contributed by atoms with van der Waals surface area (Å²) in [5, 5.41) is 19.4. The van der Waals surface area contributed by atoms with E-state index >= 15 is 0 Å². The highest BCUT2D eigenvalue weighted by Crippen LogP contribution is 2.37. The number of carbonyl (C=O) groups excluding carboxylic acids is 2. The maximum atomic E-state index is 12.5. The molecule has 0 radical (unpaired) electrons. The summed E-state index contributed by atoms with van der Waals surface area (Å²) in [6.45, 7) is 7.56. The first-order valence-corrected chi connectivity index (χ1v) is 9.40. The van der Waals surface area contributed by atoms with Crippen molar-refractivity contribution in [2.75, 3.05) is 13.2 Å². The minimum atomic E-state index is -2.17. The third kappa shape index (κ3) is 4.32. The van der Waals surface area contributed by atoms with Crippen molar-refractivity contribution in [3.63, 3.8) is 0 Å². The number of hydrogen-bond donors (Lipinski definition) is 2. The average Bonchev–Trinajstić information content (AvgIpc) is 2.63. The summed E-state index contributed by atoms with van der Waals surface area (Å²) >= 11 is 6.16. The highest BCUT2D eigenvalue weighted by atomic mass is 35.5. The van der Waals surface area contributed by atoms with Gasteiger partial charge in [-0.2, -0.15) is 0 Å². The van der Waals surface area contributed by atoms with E-state index < -0.39 is 17.2 Å². The molecule has 0 amide bonds. The number of hydrogen-bond acceptors (Lipinski definition) is 5. The monoisotopic (exact) mass is 391 g/mol. The molecule has 0 aromatic rings. The van der Waals surface area contributed by atoms with Crippen molar-refractivity contribution in [2.24, 2.45) is 5.92 Å². The Labute approximate surface area is 165 Å². The van der Waals surface area contributed by atoms with Crippen LogP contribution in [-0.4, -0.2) is 45.4 Å². The molecule has 0 saturated carbocycles. The maximum absolute atomic E-state index is 12.5. The molecule has 0 spiro atoms. The Kier molecular flexibility index (Phi) is 6.63. The second-order valence-electron chi connectivity index (χ2n) is 7.12. The van der Waals surface area contributed by atoms with Gasteiger partial charge in [-0.15, -0.1) is 0 Å². The van der Waals surface area contributed by atoms with Crippen LogP contribution in [0.2, 0.25) is 0 Å². The fourth-order valence-electron chi connectivity index (χ4n) is 2.96. The average molecular weight is 392 g/mol. The molecule has 0 bridgehead atoms. The van der Waals surface area contributed by atoms with E-state index in [4.69, 9.17) is 11.6 Å². The molecular formula is C21H26ClNO4. The van der Waals surface area contributed by atoms with Crippen LogP contribution in [0.5, 0.6) is 0 Å². The van der Waals surface area contributed by atoms with Gasteiger partial charge in [0.2, 0.25) is 11.6 Å². The van der Waals surface area contributed by atoms with Crippen LogP contribution in [-0.2, 0) is 9.59 Å². The van der Waals surface area contributed by atoms with Gasteiger partial charge < -0.3 is 15.1 Å². The predicted molar refractivity (Wildman–Crippen MR) is 106 cm³/mol. The molecule has 0 saturated heterocycles. The number of nitrogens with zero attached hydrogens (tertiary/aromatic N) is 1. The molecule has 2 N–H and O–H groups in total. The van der Waals surface area contributed by atoms with E-state index in [0.29, 0.717) is 17.2 Å². The molecular weight excluding hydrogens is 366 g/mol. The molecule has 0 fully saturated rings. The van der Waals surface area contributed by atoms with Crippen LogP contribution in [0.15, 0.2) is 58.0 Å². The van der Waals surface area contributed by atoms with Gasteiger partial charge in [-0.3, -0.25) is 9.59 Å². The summed E-state index contributed by atoms with van der Waals surface area (Å²) < 4.78 is 0. The van der Waals surface area contributed by atoms with Gasteiger partial charge in [-0.25, -0.2) is 0 Å². The van der Waals surface area contributed by atoms with E-state index in [-0.39, 0.29) is 23.8 Å². The second kappa shape index (κ2) is 8.38. The lowest BCUT2D eigenvalue weighted by molar-refractivity contribution is -0.144. The highest BCUT2D eigenvalue weighted by Gasteiger charge is 2.48. The molecule has 2 rings (SSSR count). The van der Waals surface area contributed by atoms with E-state index in [1.54, 1.807) is 11.0 Å². The fraction of sp³-hybridized carbons (Fsp3) is 0.429. The first kappa shape index (κ1) is 21.4. The Balaban J connectivity index is 2.47. The topological polar surface area (TPSA) is 77.8 Å². The molecule has 146 valence electrons. The standard InChI is InChI=1S/C21H26ClNO4/c1-5-13(2)10-14(3)6-7-15-11-16-17(12-23(15)8-9-24)19(25)21(4,27)20(26)18(16)22/h6-7,10-13,24,27H,5,8-9H2,1-4H3/b7-6+,14-10+. The Morgan fingerprint density at radius 3 is 2.63 bits per heavy atom. The predicted octanol–water partition coefficient (Wildman–Crippen LogP) is 3.01. The smallest absolute Gasteiger partial charge is 0.214 e. The number of rotatable bonds is 6. The summed E-state index contributed by atoms with van der Waals surface area (Å²) in [6, 6.07) is 0. The molecule has 2 atom stereocenters. The Bertz CT molecular complexity index is 799. The van der Waals surface area contributed by atoms with E-state index in [0.717, 1.165) is 18.9 Å². The third-order valence-corrected chi connectivity index (χ3v) is 5.19. The lowest BCUT2D eigenvalue weighted by Gasteiger charge is -2.33. The quantitative estimate of drug-likeness (QED) is 0.537. The molecule has 5 nitrogen and oxygen atoms in total.